The summed E-state index contributed by atoms with van der Waals surface area (Å²) in [5.41, 5.74) is 4.40. The maximum Gasteiger partial charge on any atom is 0.409 e. The second-order valence-electron chi connectivity index (χ2n) is 8.50. The predicted molar refractivity (Wildman–Crippen MR) is 128 cm³/mol. The van der Waals surface area contributed by atoms with Crippen LogP contribution in [0.1, 0.15) is 23.5 Å². The third kappa shape index (κ3) is 3.88. The molecule has 1 aliphatic heterocycles. The van der Waals surface area contributed by atoms with E-state index in [2.05, 4.69) is 0 Å². The number of hydrogen-bond acceptors (Lipinski definition) is 6. The number of piperidine rings is 1. The maximum atomic E-state index is 13.0. The van der Waals surface area contributed by atoms with E-state index < -0.39 is 33.1 Å². The van der Waals surface area contributed by atoms with Gasteiger partial charge in [-0.15, -0.1) is 11.3 Å². The molecule has 2 atom stereocenters. The molecule has 2 aromatic carbocycles. The van der Waals surface area contributed by atoms with Gasteiger partial charge >= 0.3 is 12.1 Å². The molecule has 34 heavy (non-hydrogen) atoms. The quantitative estimate of drug-likeness (QED) is 0.566. The fourth-order valence-electron chi connectivity index (χ4n) is 4.96. The highest BCUT2D eigenvalue weighted by molar-refractivity contribution is 7.94. The minimum atomic E-state index is -3.80. The Morgan fingerprint density at radius 3 is 2.24 bits per heavy atom. The van der Waals surface area contributed by atoms with Gasteiger partial charge in [0.15, 0.2) is 9.84 Å². The van der Waals surface area contributed by atoms with Crippen molar-refractivity contribution >= 4 is 33.2 Å². The monoisotopic (exact) mass is 497 g/mol. The second kappa shape index (κ2) is 8.88. The fraction of sp³-hybridized carbons (Fsp3) is 0.280. The van der Waals surface area contributed by atoms with Gasteiger partial charge in [-0.05, 0) is 40.1 Å². The molecule has 0 spiro atoms. The average molecular weight is 498 g/mol. The summed E-state index contributed by atoms with van der Waals surface area (Å²) in [6.07, 6.45) is -0.582. The molecule has 0 radical (unpaired) electrons. The minimum absolute atomic E-state index is 0.0431. The molecule has 1 saturated heterocycles. The molecule has 2 unspecified atom stereocenters. The Bertz CT molecular complexity index is 1290. The SMILES string of the molecule is O=C(O)C1CN(C(=O)OCC2c3ccccc3-c3ccccc32)CCC1S(=O)(=O)c1cccs1. The molecule has 2 aliphatic rings. The number of ether oxygens (including phenoxy) is 1. The largest absolute Gasteiger partial charge is 0.481 e. The summed E-state index contributed by atoms with van der Waals surface area (Å²) >= 11 is 1.07. The first-order chi connectivity index (χ1) is 16.4. The first-order valence-corrected chi connectivity index (χ1v) is 13.4. The van der Waals surface area contributed by atoms with Crippen molar-refractivity contribution < 1.29 is 27.9 Å². The van der Waals surface area contributed by atoms with Gasteiger partial charge in [0.25, 0.3) is 0 Å². The number of nitrogens with zero attached hydrogens (tertiary/aromatic N) is 1. The highest BCUT2D eigenvalue weighted by Gasteiger charge is 2.44. The van der Waals surface area contributed by atoms with Gasteiger partial charge in [0.05, 0.1) is 11.2 Å². The molecule has 5 rings (SSSR count). The van der Waals surface area contributed by atoms with Crippen LogP contribution < -0.4 is 0 Å². The molecule has 1 amide bonds. The number of fused-ring (bicyclic) bond motifs is 3. The number of carbonyl (C=O) groups is 2. The molecular weight excluding hydrogens is 474 g/mol. The Balaban J connectivity index is 1.30. The van der Waals surface area contributed by atoms with Crippen LogP contribution in [-0.2, 0) is 19.4 Å². The highest BCUT2D eigenvalue weighted by atomic mass is 32.2. The Kier molecular flexibility index (Phi) is 5.91. The standard InChI is InChI=1S/C25H23NO6S2/c27-24(28)20-14-26(12-11-22(20)34(30,31)23-10-5-13-33-23)25(29)32-15-21-18-8-3-1-6-16(18)17-7-2-4-9-19(17)21/h1-10,13,20-22H,11-12,14-15H2,(H,27,28). The number of thiophene rings is 1. The van der Waals surface area contributed by atoms with Crippen molar-refractivity contribution in [2.24, 2.45) is 5.92 Å². The molecule has 2 heterocycles. The van der Waals surface area contributed by atoms with Crippen LogP contribution in [0.15, 0.2) is 70.3 Å². The van der Waals surface area contributed by atoms with Crippen molar-refractivity contribution in [2.75, 3.05) is 19.7 Å². The molecule has 1 aromatic heterocycles. The van der Waals surface area contributed by atoms with Crippen molar-refractivity contribution in [1.82, 2.24) is 4.90 Å². The Morgan fingerprint density at radius 1 is 1.00 bits per heavy atom. The lowest BCUT2D eigenvalue weighted by molar-refractivity contribution is -0.143. The zero-order valence-corrected chi connectivity index (χ0v) is 19.8. The van der Waals surface area contributed by atoms with E-state index >= 15 is 0 Å². The molecule has 176 valence electrons. The van der Waals surface area contributed by atoms with Crippen LogP contribution in [0, 0.1) is 5.92 Å². The zero-order valence-electron chi connectivity index (χ0n) is 18.2. The van der Waals surface area contributed by atoms with Crippen molar-refractivity contribution in [2.45, 2.75) is 21.8 Å². The summed E-state index contributed by atoms with van der Waals surface area (Å²) in [5.74, 6) is -2.56. The van der Waals surface area contributed by atoms with Gasteiger partial charge in [0, 0.05) is 19.0 Å². The van der Waals surface area contributed by atoms with Crippen LogP contribution in [0.5, 0.6) is 0 Å². The molecule has 0 saturated carbocycles. The summed E-state index contributed by atoms with van der Waals surface area (Å²) in [4.78, 5) is 26.2. The van der Waals surface area contributed by atoms with E-state index in [0.717, 1.165) is 33.6 Å². The molecule has 7 nitrogen and oxygen atoms in total. The van der Waals surface area contributed by atoms with Crippen LogP contribution in [0.4, 0.5) is 4.79 Å². The van der Waals surface area contributed by atoms with E-state index in [1.807, 2.05) is 48.5 Å². The number of carboxylic acid groups (broad SMARTS) is 1. The summed E-state index contributed by atoms with van der Waals surface area (Å²) < 4.78 is 31.8. The lowest BCUT2D eigenvalue weighted by atomic mass is 9.97. The Morgan fingerprint density at radius 2 is 1.65 bits per heavy atom. The second-order valence-corrected chi connectivity index (χ2v) is 11.8. The number of carbonyl (C=O) groups excluding carboxylic acids is 1. The topological polar surface area (TPSA) is 101 Å². The van der Waals surface area contributed by atoms with E-state index in [1.54, 1.807) is 11.4 Å². The van der Waals surface area contributed by atoms with Crippen LogP contribution >= 0.6 is 11.3 Å². The van der Waals surface area contributed by atoms with Gasteiger partial charge in [-0.2, -0.15) is 0 Å². The van der Waals surface area contributed by atoms with Crippen LogP contribution in [-0.4, -0.2) is 55.4 Å². The van der Waals surface area contributed by atoms with Gasteiger partial charge in [-0.3, -0.25) is 4.79 Å². The van der Waals surface area contributed by atoms with E-state index in [-0.39, 0.29) is 36.2 Å². The number of likely N-dealkylation sites (tertiary alicyclic amines) is 1. The summed E-state index contributed by atoms with van der Waals surface area (Å²) in [6, 6.07) is 19.1. The lowest BCUT2D eigenvalue weighted by Crippen LogP contribution is -2.51. The van der Waals surface area contributed by atoms with E-state index in [0.29, 0.717) is 0 Å². The summed E-state index contributed by atoms with van der Waals surface area (Å²) in [6.45, 7) is 0.0367. The maximum absolute atomic E-state index is 13.0. The number of rotatable bonds is 5. The van der Waals surface area contributed by atoms with E-state index in [9.17, 15) is 23.1 Å². The highest BCUT2D eigenvalue weighted by Crippen LogP contribution is 2.44. The number of carboxylic acids is 1. The zero-order chi connectivity index (χ0) is 23.9. The molecule has 1 aliphatic carbocycles. The summed E-state index contributed by atoms with van der Waals surface area (Å²) in [5, 5.41) is 10.3. The normalized spacial score (nSPS) is 19.9. The third-order valence-corrected chi connectivity index (χ3v) is 10.3. The van der Waals surface area contributed by atoms with Crippen LogP contribution in [0.25, 0.3) is 11.1 Å². The van der Waals surface area contributed by atoms with Crippen molar-refractivity contribution in [3.63, 3.8) is 0 Å². The number of hydrogen-bond donors (Lipinski definition) is 1. The van der Waals surface area contributed by atoms with Crippen molar-refractivity contribution in [3.05, 3.63) is 77.2 Å². The minimum Gasteiger partial charge on any atom is -0.481 e. The van der Waals surface area contributed by atoms with E-state index in [1.165, 1.54) is 11.0 Å². The Hall–Kier alpha value is -3.17. The molecule has 1 fully saturated rings. The average Bonchev–Trinajstić information content (AvgIpc) is 3.50. The predicted octanol–water partition coefficient (Wildman–Crippen LogP) is 4.25. The Labute approximate surface area is 201 Å². The van der Waals surface area contributed by atoms with Gasteiger partial charge in [0.2, 0.25) is 0 Å². The first-order valence-electron chi connectivity index (χ1n) is 11.0. The molecule has 0 bridgehead atoms. The number of aliphatic carboxylic acids is 1. The van der Waals surface area contributed by atoms with Crippen molar-refractivity contribution in [1.29, 1.82) is 0 Å². The number of amides is 1. The fourth-order valence-corrected chi connectivity index (χ4v) is 8.10. The summed E-state index contributed by atoms with van der Waals surface area (Å²) in [7, 11) is -3.80. The van der Waals surface area contributed by atoms with Gasteiger partial charge in [-0.25, -0.2) is 13.2 Å². The van der Waals surface area contributed by atoms with E-state index in [4.69, 9.17) is 4.74 Å². The molecule has 1 N–H and O–H groups in total. The third-order valence-electron chi connectivity index (χ3n) is 6.63. The van der Waals surface area contributed by atoms with Gasteiger partial charge in [-0.1, -0.05) is 54.6 Å². The first kappa shape index (κ1) is 22.6. The van der Waals surface area contributed by atoms with Crippen molar-refractivity contribution in [3.8, 4) is 11.1 Å². The van der Waals surface area contributed by atoms with Crippen LogP contribution in [0.3, 0.4) is 0 Å². The van der Waals surface area contributed by atoms with Gasteiger partial charge in [0.1, 0.15) is 10.8 Å². The molecular formula is C25H23NO6S2. The number of sulfone groups is 1. The van der Waals surface area contributed by atoms with Crippen LogP contribution in [0.2, 0.25) is 0 Å². The number of benzene rings is 2. The molecule has 3 aromatic rings. The van der Waals surface area contributed by atoms with Gasteiger partial charge < -0.3 is 14.7 Å². The molecule has 9 heteroatoms. The lowest BCUT2D eigenvalue weighted by Gasteiger charge is -2.35. The smallest absolute Gasteiger partial charge is 0.409 e.